The predicted molar refractivity (Wildman–Crippen MR) is 104 cm³/mol. The molecule has 0 radical (unpaired) electrons. The topological polar surface area (TPSA) is 63.7 Å². The molecule has 2 fully saturated rings. The Labute approximate surface area is 157 Å². The number of hydrogen-bond donors (Lipinski definition) is 0. The Morgan fingerprint density at radius 3 is 2.42 bits per heavy atom. The first kappa shape index (κ1) is 19.3. The third-order valence-electron chi connectivity index (χ3n) is 5.42. The van der Waals surface area contributed by atoms with E-state index in [1.165, 1.54) is 11.4 Å². The minimum Gasteiger partial charge on any atom is -0.469 e. The normalized spacial score (nSPS) is 29.0. The summed E-state index contributed by atoms with van der Waals surface area (Å²) in [6, 6.07) is 6.91. The van der Waals surface area contributed by atoms with Gasteiger partial charge in [0.15, 0.2) is 0 Å². The average Bonchev–Trinajstić information content (AvgIpc) is 3.00. The Balaban J connectivity index is 1.88. The van der Waals surface area contributed by atoms with Crippen molar-refractivity contribution >= 4 is 24.1 Å². The number of methoxy groups -OCH3 is 1. The summed E-state index contributed by atoms with van der Waals surface area (Å²) < 4.78 is 32.5. The van der Waals surface area contributed by atoms with E-state index in [0.29, 0.717) is 18.0 Å². The summed E-state index contributed by atoms with van der Waals surface area (Å²) in [7, 11) is -3.61. The van der Waals surface area contributed by atoms with Gasteiger partial charge in [0, 0.05) is 18.5 Å². The van der Waals surface area contributed by atoms with Gasteiger partial charge in [0.25, 0.3) is 0 Å². The van der Waals surface area contributed by atoms with E-state index in [9.17, 15) is 13.2 Å². The van der Waals surface area contributed by atoms with Crippen LogP contribution in [0.1, 0.15) is 5.56 Å². The van der Waals surface area contributed by atoms with Gasteiger partial charge in [-0.3, -0.25) is 4.79 Å². The predicted octanol–water partition coefficient (Wildman–Crippen LogP) is 2.84. The van der Waals surface area contributed by atoms with Crippen molar-refractivity contribution in [2.24, 2.45) is 17.3 Å². The van der Waals surface area contributed by atoms with E-state index in [1.807, 2.05) is 19.1 Å². The second-order valence-electron chi connectivity index (χ2n) is 8.53. The number of ether oxygens (including phenoxy) is 1. The first-order valence-electron chi connectivity index (χ1n) is 8.86. The van der Waals surface area contributed by atoms with Gasteiger partial charge in [0.2, 0.25) is 10.0 Å². The van der Waals surface area contributed by atoms with Crippen LogP contribution in [0.3, 0.4) is 0 Å². The van der Waals surface area contributed by atoms with Crippen LogP contribution in [0.2, 0.25) is 19.6 Å². The molecule has 1 aliphatic heterocycles. The molecule has 1 saturated carbocycles. The highest BCUT2D eigenvalue weighted by Crippen LogP contribution is 2.65. The second-order valence-corrected chi connectivity index (χ2v) is 15.5. The Hall–Kier alpha value is -1.44. The van der Waals surface area contributed by atoms with Gasteiger partial charge in [-0.05, 0) is 25.0 Å². The van der Waals surface area contributed by atoms with Gasteiger partial charge < -0.3 is 4.74 Å². The molecule has 1 saturated heterocycles. The minimum atomic E-state index is -3.55. The summed E-state index contributed by atoms with van der Waals surface area (Å²) in [5, 5.41) is 0. The number of esters is 1. The maximum atomic E-state index is 13.0. The van der Waals surface area contributed by atoms with Gasteiger partial charge in [0.1, 0.15) is 0 Å². The van der Waals surface area contributed by atoms with Crippen LogP contribution in [-0.4, -0.2) is 47.0 Å². The zero-order valence-electron chi connectivity index (χ0n) is 16.0. The maximum absolute atomic E-state index is 13.0. The third kappa shape index (κ3) is 3.28. The van der Waals surface area contributed by atoms with Crippen molar-refractivity contribution in [2.75, 3.05) is 20.2 Å². The van der Waals surface area contributed by atoms with E-state index in [2.05, 4.69) is 31.4 Å². The fraction of sp³-hybridized carbons (Fsp3) is 0.526. The van der Waals surface area contributed by atoms with Crippen molar-refractivity contribution in [1.29, 1.82) is 0 Å². The van der Waals surface area contributed by atoms with Crippen molar-refractivity contribution in [3.63, 3.8) is 0 Å². The lowest BCUT2D eigenvalue weighted by molar-refractivity contribution is -0.143. The SMILES string of the molecule is COC(=O)C1C2CN(S(=O)(=O)c3ccc(C)cc3)CC21/C=C\[Si](C)(C)C. The molecule has 0 spiro atoms. The molecule has 7 heteroatoms. The zero-order valence-corrected chi connectivity index (χ0v) is 17.8. The Bertz CT molecular complexity index is 841. The number of aryl methyl sites for hydroxylation is 1. The highest BCUT2D eigenvalue weighted by Gasteiger charge is 2.72. The summed E-state index contributed by atoms with van der Waals surface area (Å²) >= 11 is 0. The highest BCUT2D eigenvalue weighted by atomic mass is 32.2. The maximum Gasteiger partial charge on any atom is 0.309 e. The minimum absolute atomic E-state index is 0.00257. The largest absolute Gasteiger partial charge is 0.469 e. The second kappa shape index (κ2) is 6.32. The molecule has 0 N–H and O–H groups in total. The van der Waals surface area contributed by atoms with E-state index >= 15 is 0 Å². The van der Waals surface area contributed by atoms with Gasteiger partial charge in [-0.2, -0.15) is 4.31 Å². The van der Waals surface area contributed by atoms with Gasteiger partial charge in [-0.1, -0.05) is 49.1 Å². The van der Waals surface area contributed by atoms with E-state index in [0.717, 1.165) is 5.56 Å². The summed E-state index contributed by atoms with van der Waals surface area (Å²) in [6.45, 7) is 9.31. The lowest BCUT2D eigenvalue weighted by Crippen LogP contribution is -2.35. The zero-order chi connectivity index (χ0) is 19.3. The fourth-order valence-corrected chi connectivity index (χ4v) is 6.20. The molecule has 2 aliphatic rings. The van der Waals surface area contributed by atoms with Gasteiger partial charge in [-0.15, -0.1) is 0 Å². The van der Waals surface area contributed by atoms with E-state index < -0.39 is 23.5 Å². The molecule has 3 unspecified atom stereocenters. The molecule has 3 rings (SSSR count). The molecule has 5 nitrogen and oxygen atoms in total. The van der Waals surface area contributed by atoms with Crippen LogP contribution in [0.5, 0.6) is 0 Å². The molecule has 1 aromatic rings. The number of carbonyl (C=O) groups excluding carboxylic acids is 1. The number of nitrogens with zero attached hydrogens (tertiary/aromatic N) is 1. The number of hydrogen-bond acceptors (Lipinski definition) is 4. The molecule has 1 aliphatic carbocycles. The first-order chi connectivity index (χ1) is 12.0. The number of carbonyl (C=O) groups is 1. The smallest absolute Gasteiger partial charge is 0.309 e. The third-order valence-corrected chi connectivity index (χ3v) is 8.41. The molecule has 1 aromatic carbocycles. The number of rotatable bonds is 5. The van der Waals surface area contributed by atoms with Crippen molar-refractivity contribution in [2.45, 2.75) is 31.5 Å². The molecular weight excluding hydrogens is 366 g/mol. The van der Waals surface area contributed by atoms with Crippen molar-refractivity contribution in [3.8, 4) is 0 Å². The average molecular weight is 394 g/mol. The summed E-state index contributed by atoms with van der Waals surface area (Å²) in [4.78, 5) is 12.5. The van der Waals surface area contributed by atoms with Crippen LogP contribution in [0, 0.1) is 24.2 Å². The van der Waals surface area contributed by atoms with Crippen molar-refractivity contribution in [1.82, 2.24) is 4.31 Å². The van der Waals surface area contributed by atoms with Crippen LogP contribution >= 0.6 is 0 Å². The Morgan fingerprint density at radius 2 is 1.88 bits per heavy atom. The summed E-state index contributed by atoms with van der Waals surface area (Å²) in [5.41, 5.74) is 2.82. The van der Waals surface area contributed by atoms with Gasteiger partial charge in [0.05, 0.1) is 26.0 Å². The van der Waals surface area contributed by atoms with Gasteiger partial charge >= 0.3 is 5.97 Å². The molecule has 26 heavy (non-hydrogen) atoms. The summed E-state index contributed by atoms with van der Waals surface area (Å²) in [5.74, 6) is -0.463. The van der Waals surface area contributed by atoms with E-state index in [4.69, 9.17) is 4.74 Å². The Morgan fingerprint density at radius 1 is 1.27 bits per heavy atom. The first-order valence-corrected chi connectivity index (χ1v) is 13.9. The van der Waals surface area contributed by atoms with Crippen LogP contribution in [0.4, 0.5) is 0 Å². The molecule has 0 aromatic heterocycles. The van der Waals surface area contributed by atoms with E-state index in [-0.39, 0.29) is 17.8 Å². The molecule has 142 valence electrons. The van der Waals surface area contributed by atoms with Crippen LogP contribution in [0.15, 0.2) is 40.9 Å². The van der Waals surface area contributed by atoms with Crippen LogP contribution in [0.25, 0.3) is 0 Å². The van der Waals surface area contributed by atoms with Gasteiger partial charge in [-0.25, -0.2) is 8.42 Å². The number of benzene rings is 1. The number of sulfonamides is 1. The standard InChI is InChI=1S/C19H27NO4SSi/c1-14-6-8-15(9-7-14)25(22,23)20-12-16-17(18(21)24-2)19(16,13-20)10-11-26(3,4)5/h6-11,16-17H,12-13H2,1-5H3/b11-10-. The Kier molecular flexibility index (Phi) is 4.70. The molecule has 3 atom stereocenters. The lowest BCUT2D eigenvalue weighted by Gasteiger charge is -2.22. The van der Waals surface area contributed by atoms with E-state index in [1.54, 1.807) is 12.1 Å². The highest BCUT2D eigenvalue weighted by molar-refractivity contribution is 7.89. The molecule has 1 heterocycles. The van der Waals surface area contributed by atoms with Crippen molar-refractivity contribution in [3.05, 3.63) is 41.6 Å². The van der Waals surface area contributed by atoms with Crippen LogP contribution < -0.4 is 0 Å². The molecule has 0 amide bonds. The van der Waals surface area contributed by atoms with Crippen LogP contribution in [-0.2, 0) is 19.6 Å². The quantitative estimate of drug-likeness (QED) is 0.570. The van der Waals surface area contributed by atoms with Crippen molar-refractivity contribution < 1.29 is 17.9 Å². The molecule has 0 bridgehead atoms. The molecular formula is C19H27NO4SSi. The number of piperidine rings is 1. The fourth-order valence-electron chi connectivity index (χ4n) is 3.86. The monoisotopic (exact) mass is 393 g/mol. The lowest BCUT2D eigenvalue weighted by atomic mass is 10.0. The number of fused-ring (bicyclic) bond motifs is 1. The summed E-state index contributed by atoms with van der Waals surface area (Å²) in [6.07, 6.45) is 2.11.